The fourth-order valence-corrected chi connectivity index (χ4v) is 7.37. The Morgan fingerprint density at radius 1 is 1.12 bits per heavy atom. The van der Waals surface area contributed by atoms with Gasteiger partial charge in [-0.2, -0.15) is 15.3 Å². The highest BCUT2D eigenvalue weighted by Gasteiger charge is 2.88. The third-order valence-corrected chi connectivity index (χ3v) is 8.88. The second-order valence-corrected chi connectivity index (χ2v) is 10.9. The number of aliphatic hydroxyl groups is 1. The van der Waals surface area contributed by atoms with Crippen molar-refractivity contribution in [2.75, 3.05) is 33.6 Å². The molecular formula is C31H28N6O5. The number of methoxy groups -OCH3 is 2. The van der Waals surface area contributed by atoms with Gasteiger partial charge in [0.2, 0.25) is 23.4 Å². The van der Waals surface area contributed by atoms with E-state index in [0.29, 0.717) is 28.3 Å². The minimum Gasteiger partial charge on any atom is -0.481 e. The Balaban J connectivity index is 1.68. The Kier molecular flexibility index (Phi) is 5.36. The number of aromatic nitrogens is 3. The second-order valence-electron chi connectivity index (χ2n) is 10.9. The summed E-state index contributed by atoms with van der Waals surface area (Å²) in [7, 11) is 6.31. The van der Waals surface area contributed by atoms with Gasteiger partial charge in [-0.3, -0.25) is 4.79 Å². The Labute approximate surface area is 241 Å². The summed E-state index contributed by atoms with van der Waals surface area (Å²) in [5.41, 5.74) is -2.77. The van der Waals surface area contributed by atoms with Crippen LogP contribution in [0, 0.1) is 17.2 Å². The second kappa shape index (κ2) is 8.71. The summed E-state index contributed by atoms with van der Waals surface area (Å²) in [5, 5.41) is 31.1. The van der Waals surface area contributed by atoms with Gasteiger partial charge in [-0.05, 0) is 23.3 Å². The van der Waals surface area contributed by atoms with Crippen LogP contribution in [-0.2, 0) is 21.7 Å². The number of amides is 1. The number of nitriles is 1. The molecule has 2 N–H and O–H groups in total. The monoisotopic (exact) mass is 564 g/mol. The number of ether oxygens (including phenoxy) is 3. The summed E-state index contributed by atoms with van der Waals surface area (Å²) in [5.74, 6) is -0.887. The number of pyridine rings is 1. The molecule has 2 aromatic carbocycles. The van der Waals surface area contributed by atoms with Crippen LogP contribution >= 0.6 is 0 Å². The van der Waals surface area contributed by atoms with E-state index in [-0.39, 0.29) is 17.7 Å². The van der Waals surface area contributed by atoms with Gasteiger partial charge in [-0.25, -0.2) is 4.68 Å². The molecule has 2 aromatic heterocycles. The van der Waals surface area contributed by atoms with E-state index in [1.54, 1.807) is 44.6 Å². The Hall–Kier alpha value is -5.08. The number of nitrogens with one attached hydrogen (secondary N) is 1. The van der Waals surface area contributed by atoms with Crippen molar-refractivity contribution < 1.29 is 24.1 Å². The smallest absolute Gasteiger partial charge is 0.231 e. The molecule has 11 heteroatoms. The highest BCUT2D eigenvalue weighted by molar-refractivity contribution is 5.85. The molecule has 0 saturated heterocycles. The number of anilines is 1. The van der Waals surface area contributed by atoms with E-state index in [1.807, 2.05) is 42.5 Å². The van der Waals surface area contributed by atoms with Crippen molar-refractivity contribution in [3.8, 4) is 23.6 Å². The SMILES string of the molecule is COc1cc2c(c(OC)n1)[C@]13Nc4ccnn4[C@@]1(O)[C@H](C(=O)N(C)C)[C@@H](c1ccccc1)[C@]3(c1ccc(C#N)cc1)O2. The zero-order valence-electron chi connectivity index (χ0n) is 23.4. The third-order valence-electron chi connectivity index (χ3n) is 8.88. The fourth-order valence-electron chi connectivity index (χ4n) is 7.37. The van der Waals surface area contributed by atoms with Crippen LogP contribution in [0.1, 0.15) is 28.2 Å². The van der Waals surface area contributed by atoms with Gasteiger partial charge < -0.3 is 29.5 Å². The predicted octanol–water partition coefficient (Wildman–Crippen LogP) is 2.92. The number of hydrogen-bond acceptors (Lipinski definition) is 9. The minimum absolute atomic E-state index is 0.168. The van der Waals surface area contributed by atoms with E-state index < -0.39 is 28.7 Å². The van der Waals surface area contributed by atoms with E-state index in [0.717, 1.165) is 5.56 Å². The highest BCUT2D eigenvalue weighted by atomic mass is 16.5. The topological polar surface area (TPSA) is 135 Å². The molecule has 1 spiro atoms. The first-order valence-electron chi connectivity index (χ1n) is 13.4. The van der Waals surface area contributed by atoms with Crippen LogP contribution < -0.4 is 19.5 Å². The lowest BCUT2D eigenvalue weighted by Crippen LogP contribution is -2.60. The molecule has 212 valence electrons. The molecule has 42 heavy (non-hydrogen) atoms. The number of fused-ring (bicyclic) bond motifs is 3. The van der Waals surface area contributed by atoms with Crippen LogP contribution in [-0.4, -0.2) is 59.0 Å². The maximum Gasteiger partial charge on any atom is 0.231 e. The van der Waals surface area contributed by atoms with Gasteiger partial charge in [0.05, 0.1) is 37.6 Å². The fraction of sp³-hybridized carbons (Fsp3) is 0.290. The number of hydrogen-bond donors (Lipinski definition) is 2. The number of benzene rings is 2. The first kappa shape index (κ1) is 25.9. The van der Waals surface area contributed by atoms with E-state index in [9.17, 15) is 15.2 Å². The van der Waals surface area contributed by atoms with E-state index in [1.165, 1.54) is 23.8 Å². The molecule has 1 saturated carbocycles. The van der Waals surface area contributed by atoms with Gasteiger partial charge in [0.1, 0.15) is 17.5 Å². The van der Waals surface area contributed by atoms with E-state index >= 15 is 0 Å². The standard InChI is InChI=1S/C31H28N6O5/c1-36(2)28(38)26-24(19-8-6-5-7-9-19)29(20-12-10-18(17-32)11-13-20)30(31(26,39)37-22(35-30)14-15-33-37)25-21(42-29)16-23(40-3)34-27(25)41-4/h5-16,24,26,35,39H,1-4H3/t24-,26+,29+,30-,31-/m1/s1. The van der Waals surface area contributed by atoms with Crippen molar-refractivity contribution in [1.82, 2.24) is 19.7 Å². The molecule has 5 atom stereocenters. The molecule has 11 nitrogen and oxygen atoms in total. The number of nitrogens with zero attached hydrogens (tertiary/aromatic N) is 5. The molecule has 0 bridgehead atoms. The number of carbonyl (C=O) groups is 1. The molecule has 4 heterocycles. The minimum atomic E-state index is -2.02. The van der Waals surface area contributed by atoms with Crippen molar-refractivity contribution >= 4 is 11.7 Å². The molecule has 0 radical (unpaired) electrons. The zero-order chi connectivity index (χ0) is 29.4. The summed E-state index contributed by atoms with van der Waals surface area (Å²) in [6.07, 6.45) is 1.57. The zero-order valence-corrected chi connectivity index (χ0v) is 23.4. The highest BCUT2D eigenvalue weighted by Crippen LogP contribution is 2.77. The van der Waals surface area contributed by atoms with E-state index in [2.05, 4.69) is 21.5 Å². The molecule has 2 aliphatic heterocycles. The molecule has 3 aliphatic rings. The van der Waals surface area contributed by atoms with Crippen LogP contribution in [0.15, 0.2) is 72.9 Å². The first-order chi connectivity index (χ1) is 20.3. The van der Waals surface area contributed by atoms with Crippen molar-refractivity contribution in [1.29, 1.82) is 5.26 Å². The molecule has 7 rings (SSSR count). The third kappa shape index (κ3) is 2.84. The van der Waals surface area contributed by atoms with Gasteiger partial charge in [0.15, 0.2) is 11.1 Å². The van der Waals surface area contributed by atoms with Gasteiger partial charge in [0, 0.05) is 32.1 Å². The Morgan fingerprint density at radius 2 is 1.86 bits per heavy atom. The summed E-state index contributed by atoms with van der Waals surface area (Å²) < 4.78 is 19.9. The van der Waals surface area contributed by atoms with Crippen molar-refractivity contribution in [2.45, 2.75) is 22.8 Å². The number of rotatable bonds is 5. The van der Waals surface area contributed by atoms with Gasteiger partial charge in [-0.1, -0.05) is 42.5 Å². The summed E-state index contributed by atoms with van der Waals surface area (Å²) >= 11 is 0. The van der Waals surface area contributed by atoms with Crippen LogP contribution in [0.2, 0.25) is 0 Å². The number of carbonyl (C=O) groups excluding carboxylic acids is 1. The lowest BCUT2D eigenvalue weighted by Gasteiger charge is -2.43. The normalized spacial score (nSPS) is 27.9. The quantitative estimate of drug-likeness (QED) is 0.375. The maximum absolute atomic E-state index is 14.4. The molecule has 1 fully saturated rings. The molecule has 0 unspecified atom stereocenters. The average Bonchev–Trinajstić information content (AvgIpc) is 3.70. The van der Waals surface area contributed by atoms with Gasteiger partial charge in [0.25, 0.3) is 0 Å². The first-order valence-corrected chi connectivity index (χ1v) is 13.4. The summed E-state index contributed by atoms with van der Waals surface area (Å²) in [4.78, 5) is 20.5. The molecule has 1 amide bonds. The van der Waals surface area contributed by atoms with Crippen molar-refractivity contribution in [2.24, 2.45) is 5.92 Å². The van der Waals surface area contributed by atoms with Crippen LogP contribution in [0.5, 0.6) is 17.5 Å². The summed E-state index contributed by atoms with van der Waals surface area (Å²) in [6.45, 7) is 0. The van der Waals surface area contributed by atoms with Crippen molar-refractivity contribution in [3.63, 3.8) is 0 Å². The Morgan fingerprint density at radius 3 is 2.50 bits per heavy atom. The van der Waals surface area contributed by atoms with Crippen LogP contribution in [0.4, 0.5) is 5.82 Å². The average molecular weight is 565 g/mol. The lowest BCUT2D eigenvalue weighted by atomic mass is 9.68. The molecule has 4 aromatic rings. The lowest BCUT2D eigenvalue weighted by molar-refractivity contribution is -0.160. The maximum atomic E-state index is 14.4. The van der Waals surface area contributed by atoms with Crippen molar-refractivity contribution in [3.05, 3.63) is 95.2 Å². The van der Waals surface area contributed by atoms with Crippen LogP contribution in [0.25, 0.3) is 0 Å². The summed E-state index contributed by atoms with van der Waals surface area (Å²) in [6, 6.07) is 22.1. The Bertz CT molecular complexity index is 1770. The molecule has 1 aliphatic carbocycles. The predicted molar refractivity (Wildman–Crippen MR) is 150 cm³/mol. The van der Waals surface area contributed by atoms with Gasteiger partial charge >= 0.3 is 0 Å². The van der Waals surface area contributed by atoms with Crippen LogP contribution in [0.3, 0.4) is 0 Å². The van der Waals surface area contributed by atoms with E-state index in [4.69, 9.17) is 14.2 Å². The van der Waals surface area contributed by atoms with Gasteiger partial charge in [-0.15, -0.1) is 0 Å². The largest absolute Gasteiger partial charge is 0.481 e. The molecular weight excluding hydrogens is 536 g/mol.